The Morgan fingerprint density at radius 3 is 1.96 bits per heavy atom. The van der Waals surface area contributed by atoms with Crippen molar-refractivity contribution in [3.8, 4) is 5.75 Å². The van der Waals surface area contributed by atoms with Crippen molar-refractivity contribution in [1.82, 2.24) is 0 Å². The molecule has 0 radical (unpaired) electrons. The second kappa shape index (κ2) is 14.3. The van der Waals surface area contributed by atoms with Gasteiger partial charge in [-0.05, 0) is 0 Å². The molecule has 132 valence electrons. The van der Waals surface area contributed by atoms with Crippen LogP contribution in [-0.2, 0) is 40.7 Å². The van der Waals surface area contributed by atoms with E-state index >= 15 is 0 Å². The van der Waals surface area contributed by atoms with Crippen LogP contribution in [0.5, 0.6) is 5.75 Å². The van der Waals surface area contributed by atoms with Crippen LogP contribution in [0.25, 0.3) is 0 Å². The Balaban J connectivity index is 0. The van der Waals surface area contributed by atoms with E-state index in [4.69, 9.17) is 23.4 Å². The molecule has 1 aliphatic rings. The van der Waals surface area contributed by atoms with Gasteiger partial charge in [-0.15, -0.1) is 0 Å². The fourth-order valence-corrected chi connectivity index (χ4v) is 1.94. The van der Waals surface area contributed by atoms with Crippen LogP contribution >= 0.6 is 0 Å². The molecule has 0 fully saturated rings. The molecule has 1 aromatic carbocycles. The predicted octanol–water partition coefficient (Wildman–Crippen LogP) is 3.34. The number of alkyl halides is 3. The van der Waals surface area contributed by atoms with E-state index in [1.165, 1.54) is 12.1 Å². The Kier molecular flexibility index (Phi) is 14.5. The van der Waals surface area contributed by atoms with Gasteiger partial charge in [0.15, 0.2) is 0 Å². The van der Waals surface area contributed by atoms with Gasteiger partial charge in [0, 0.05) is 0 Å². The first-order valence-corrected chi connectivity index (χ1v) is 6.94. The molecule has 0 aliphatic carbocycles. The van der Waals surface area contributed by atoms with Gasteiger partial charge in [-0.1, -0.05) is 0 Å². The van der Waals surface area contributed by atoms with E-state index in [2.05, 4.69) is 35.8 Å². The summed E-state index contributed by atoms with van der Waals surface area (Å²) in [6, 6.07) is 4.53. The summed E-state index contributed by atoms with van der Waals surface area (Å²) < 4.78 is 70.9. The van der Waals surface area contributed by atoms with Crippen molar-refractivity contribution in [3.63, 3.8) is 0 Å². The monoisotopic (exact) mass is 392 g/mol. The molecule has 0 spiro atoms. The van der Waals surface area contributed by atoms with Gasteiger partial charge < -0.3 is 0 Å². The Morgan fingerprint density at radius 1 is 1.04 bits per heavy atom. The van der Waals surface area contributed by atoms with Gasteiger partial charge in [0.1, 0.15) is 0 Å². The minimum atomic E-state index is -4.33. The molecule has 1 aromatic rings. The Labute approximate surface area is 150 Å². The van der Waals surface area contributed by atoms with Crippen LogP contribution in [-0.4, -0.2) is 11.2 Å². The zero-order chi connectivity index (χ0) is 19.9. The summed E-state index contributed by atoms with van der Waals surface area (Å²) in [6.07, 6.45) is -0.591. The Bertz CT molecular complexity index is 601. The fraction of sp³-hybridized carbons (Fsp3) is 0.250. The third kappa shape index (κ3) is 9.76. The van der Waals surface area contributed by atoms with Gasteiger partial charge in [0.2, 0.25) is 0 Å². The standard InChI is InChI=1S/C13H11F3O2.3CO.Cr/c14-13(15,16)10-4-6-11(7-5-10)18-9-12-3-1-2-8-17-12;3*1-2;/h3-7H,1-2,8H2;;;;. The van der Waals surface area contributed by atoms with Crippen molar-refractivity contribution < 1.29 is 52.5 Å². The molecule has 0 atom stereocenters. The van der Waals surface area contributed by atoms with E-state index in [1.54, 1.807) is 0 Å². The molecule has 9 heteroatoms. The molecule has 0 saturated carbocycles. The quantitative estimate of drug-likeness (QED) is 0.584. The summed E-state index contributed by atoms with van der Waals surface area (Å²) in [5, 5.41) is 0. The molecule has 5 nitrogen and oxygen atoms in total. The minimum absolute atomic E-state index is 0.330. The molecule has 25 heavy (non-hydrogen) atoms. The average Bonchev–Trinajstić information content (AvgIpc) is 2.67. The maximum absolute atomic E-state index is 12.4. The summed E-state index contributed by atoms with van der Waals surface area (Å²) in [5.41, 5.74) is -0.699. The summed E-state index contributed by atoms with van der Waals surface area (Å²) in [5.74, 6) is 0.933. The molecule has 2 rings (SSSR count). The van der Waals surface area contributed by atoms with Gasteiger partial charge >= 0.3 is 150 Å². The summed E-state index contributed by atoms with van der Waals surface area (Å²) >= 11 is 2.72. The second-order valence-electron chi connectivity index (χ2n) is 3.97. The predicted molar refractivity (Wildman–Crippen MR) is 72.1 cm³/mol. The van der Waals surface area contributed by atoms with Crippen molar-refractivity contribution in [1.29, 1.82) is 0 Å². The number of halogens is 3. The maximum atomic E-state index is 12.4. The van der Waals surface area contributed by atoms with Crippen LogP contribution < -0.4 is 4.74 Å². The van der Waals surface area contributed by atoms with Crippen LogP contribution in [0.4, 0.5) is 13.2 Å². The number of ether oxygens (including phenoxy) is 2. The third-order valence-corrected chi connectivity index (χ3v) is 2.97. The molecule has 0 unspecified atom stereocenters. The third-order valence-electron chi connectivity index (χ3n) is 2.53. The van der Waals surface area contributed by atoms with Crippen LogP contribution in [0, 0.1) is 20.0 Å². The summed E-state index contributed by atoms with van der Waals surface area (Å²) in [4.78, 5) is 0. The first-order chi connectivity index (χ1) is 12.0. The molecule has 1 aliphatic heterocycles. The number of rotatable bonds is 3. The van der Waals surface area contributed by atoms with Gasteiger partial charge in [-0.2, -0.15) is 0 Å². The molecule has 0 aromatic heterocycles. The molecule has 0 N–H and O–H groups in total. The molecule has 0 amide bonds. The number of hydrogen-bond donors (Lipinski definition) is 0. The molecule has 1 heterocycles. The van der Waals surface area contributed by atoms with Crippen molar-refractivity contribution in [2.45, 2.75) is 19.0 Å². The van der Waals surface area contributed by atoms with Crippen molar-refractivity contribution in [2.24, 2.45) is 0 Å². The second-order valence-corrected chi connectivity index (χ2v) is 4.55. The zero-order valence-corrected chi connectivity index (χ0v) is 13.9. The Hall–Kier alpha value is -2.03. The van der Waals surface area contributed by atoms with Gasteiger partial charge in [0.25, 0.3) is 0 Å². The van der Waals surface area contributed by atoms with Crippen LogP contribution in [0.1, 0.15) is 18.4 Å². The van der Waals surface area contributed by atoms with Crippen LogP contribution in [0.3, 0.4) is 0 Å². The van der Waals surface area contributed by atoms with Gasteiger partial charge in [0.05, 0.1) is 0 Å². The molecule has 0 bridgehead atoms. The topological polar surface area (TPSA) is 78.2 Å². The fourth-order valence-electron chi connectivity index (χ4n) is 1.57. The van der Waals surface area contributed by atoms with Crippen molar-refractivity contribution >= 4 is 4.57 Å². The van der Waals surface area contributed by atoms with E-state index in [0.29, 0.717) is 22.7 Å². The number of allylic oxidation sites excluding steroid dienone is 1. The summed E-state index contributed by atoms with van der Waals surface area (Å²) in [6.45, 7) is 14.1. The SMILES string of the molecule is FC(F)(F)c1ccc(O[C](=[Cr])C2=CCCCO2)cc1.[C-]#[O+].[C-]#[O+].[C-]#[O+]. The molecular weight excluding hydrogens is 381 g/mol. The molecular formula is C16H11CrF3O5. The van der Waals surface area contributed by atoms with E-state index in [9.17, 15) is 13.2 Å². The van der Waals surface area contributed by atoms with Crippen molar-refractivity contribution in [2.75, 3.05) is 6.61 Å². The van der Waals surface area contributed by atoms with E-state index in [1.807, 2.05) is 6.08 Å². The molecule has 0 saturated heterocycles. The number of hydrogen-bond acceptors (Lipinski definition) is 2. The van der Waals surface area contributed by atoms with Gasteiger partial charge in [-0.25, -0.2) is 0 Å². The van der Waals surface area contributed by atoms with Crippen LogP contribution in [0.2, 0.25) is 0 Å². The normalized spacial score (nSPS) is 12.0. The van der Waals surface area contributed by atoms with E-state index in [0.717, 1.165) is 25.0 Å². The first kappa shape index (κ1) is 25.2. The van der Waals surface area contributed by atoms with Crippen molar-refractivity contribution in [3.05, 3.63) is 61.6 Å². The first-order valence-electron chi connectivity index (χ1n) is 6.30. The Morgan fingerprint density at radius 2 is 1.56 bits per heavy atom. The van der Waals surface area contributed by atoms with Gasteiger partial charge in [-0.3, -0.25) is 0 Å². The van der Waals surface area contributed by atoms with Crippen LogP contribution in [0.15, 0.2) is 36.1 Å². The van der Waals surface area contributed by atoms with E-state index in [-0.39, 0.29) is 0 Å². The summed E-state index contributed by atoms with van der Waals surface area (Å²) in [7, 11) is 0. The number of benzene rings is 1. The average molecular weight is 392 g/mol. The van der Waals surface area contributed by atoms with E-state index < -0.39 is 11.7 Å². The zero-order valence-electron chi connectivity index (χ0n) is 12.6.